The maximum atomic E-state index is 11.9. The van der Waals surface area contributed by atoms with Gasteiger partial charge in [-0.25, -0.2) is 4.79 Å². The lowest BCUT2D eigenvalue weighted by molar-refractivity contribution is -0.127. The number of hydrogen-bond acceptors (Lipinski definition) is 4. The largest absolute Gasteiger partial charge is 0.405 e. The van der Waals surface area contributed by atoms with Gasteiger partial charge in [0, 0.05) is 13.1 Å². The van der Waals surface area contributed by atoms with Crippen molar-refractivity contribution in [2.45, 2.75) is 32.2 Å². The van der Waals surface area contributed by atoms with Crippen LogP contribution in [0.15, 0.2) is 0 Å². The molecule has 1 aliphatic heterocycles. The second kappa shape index (κ2) is 6.89. The zero-order chi connectivity index (χ0) is 15.3. The number of carbonyl (C=O) groups excluding carboxylic acids is 2. The van der Waals surface area contributed by atoms with E-state index in [1.54, 1.807) is 10.2 Å². The topological polar surface area (TPSA) is 70.7 Å². The SMILES string of the molecule is CC1CN(CC(=O)NC(=O)NCC(F)(F)F)CC(C)O1. The Hall–Kier alpha value is -1.35. The van der Waals surface area contributed by atoms with Crippen LogP contribution in [-0.2, 0) is 9.53 Å². The van der Waals surface area contributed by atoms with Gasteiger partial charge < -0.3 is 10.1 Å². The highest BCUT2D eigenvalue weighted by Gasteiger charge is 2.28. The van der Waals surface area contributed by atoms with Gasteiger partial charge in [0.2, 0.25) is 5.91 Å². The Balaban J connectivity index is 2.30. The van der Waals surface area contributed by atoms with E-state index in [4.69, 9.17) is 4.74 Å². The number of imide groups is 1. The summed E-state index contributed by atoms with van der Waals surface area (Å²) in [5, 5.41) is 3.43. The highest BCUT2D eigenvalue weighted by atomic mass is 19.4. The van der Waals surface area contributed by atoms with Crippen molar-refractivity contribution >= 4 is 11.9 Å². The second-order valence-corrected chi connectivity index (χ2v) is 4.80. The summed E-state index contributed by atoms with van der Waals surface area (Å²) >= 11 is 0. The first-order valence-electron chi connectivity index (χ1n) is 6.18. The van der Waals surface area contributed by atoms with E-state index < -0.39 is 24.7 Å². The predicted octanol–water partition coefficient (Wildman–Crippen LogP) is 0.484. The van der Waals surface area contributed by atoms with Crippen LogP contribution in [-0.4, -0.2) is 61.4 Å². The van der Waals surface area contributed by atoms with Gasteiger partial charge in [0.25, 0.3) is 0 Å². The molecular weight excluding hydrogens is 279 g/mol. The van der Waals surface area contributed by atoms with Crippen molar-refractivity contribution in [3.63, 3.8) is 0 Å². The van der Waals surface area contributed by atoms with Crippen LogP contribution in [0.4, 0.5) is 18.0 Å². The molecule has 0 saturated carbocycles. The second-order valence-electron chi connectivity index (χ2n) is 4.80. The van der Waals surface area contributed by atoms with Crippen molar-refractivity contribution in [1.82, 2.24) is 15.5 Å². The maximum Gasteiger partial charge on any atom is 0.405 e. The summed E-state index contributed by atoms with van der Waals surface area (Å²) in [4.78, 5) is 24.4. The van der Waals surface area contributed by atoms with E-state index in [0.717, 1.165) is 0 Å². The molecule has 2 N–H and O–H groups in total. The minimum Gasteiger partial charge on any atom is -0.373 e. The van der Waals surface area contributed by atoms with Gasteiger partial charge >= 0.3 is 12.2 Å². The van der Waals surface area contributed by atoms with E-state index in [-0.39, 0.29) is 18.8 Å². The zero-order valence-corrected chi connectivity index (χ0v) is 11.3. The smallest absolute Gasteiger partial charge is 0.373 e. The summed E-state index contributed by atoms with van der Waals surface area (Å²) in [6.07, 6.45) is -4.58. The lowest BCUT2D eigenvalue weighted by atomic mass is 10.2. The molecule has 1 fully saturated rings. The third-order valence-corrected chi connectivity index (χ3v) is 2.56. The maximum absolute atomic E-state index is 11.9. The molecular formula is C11H18F3N3O3. The number of halogens is 3. The monoisotopic (exact) mass is 297 g/mol. The van der Waals surface area contributed by atoms with Gasteiger partial charge in [0.15, 0.2) is 0 Å². The number of nitrogens with zero attached hydrogens (tertiary/aromatic N) is 1. The number of amides is 3. The number of hydrogen-bond donors (Lipinski definition) is 2. The van der Waals surface area contributed by atoms with Crippen molar-refractivity contribution < 1.29 is 27.5 Å². The van der Waals surface area contributed by atoms with Crippen LogP contribution in [0.3, 0.4) is 0 Å². The molecule has 9 heteroatoms. The van der Waals surface area contributed by atoms with Gasteiger partial charge in [-0.3, -0.25) is 15.0 Å². The molecule has 1 heterocycles. The highest BCUT2D eigenvalue weighted by Crippen LogP contribution is 2.12. The van der Waals surface area contributed by atoms with E-state index in [1.165, 1.54) is 0 Å². The quantitative estimate of drug-likeness (QED) is 0.795. The normalized spacial score (nSPS) is 24.2. The molecule has 116 valence electrons. The number of urea groups is 1. The van der Waals surface area contributed by atoms with Crippen LogP contribution < -0.4 is 10.6 Å². The standard InChI is InChI=1S/C11H18F3N3O3/c1-7-3-17(4-8(2)20-7)5-9(18)16-10(19)15-6-11(12,13)14/h7-8H,3-6H2,1-2H3,(H2,15,16,18,19). The first-order chi connectivity index (χ1) is 9.15. The molecule has 0 aromatic heterocycles. The third-order valence-electron chi connectivity index (χ3n) is 2.56. The van der Waals surface area contributed by atoms with Crippen LogP contribution in [0, 0.1) is 0 Å². The highest BCUT2D eigenvalue weighted by molar-refractivity contribution is 5.95. The van der Waals surface area contributed by atoms with Crippen molar-refractivity contribution in [3.8, 4) is 0 Å². The van der Waals surface area contributed by atoms with E-state index in [9.17, 15) is 22.8 Å². The van der Waals surface area contributed by atoms with Gasteiger partial charge in [-0.15, -0.1) is 0 Å². The molecule has 1 aliphatic rings. The molecule has 1 rings (SSSR count). The molecule has 3 amide bonds. The van der Waals surface area contributed by atoms with Crippen molar-refractivity contribution in [2.75, 3.05) is 26.2 Å². The number of carbonyl (C=O) groups is 2. The Morgan fingerprint density at radius 2 is 1.80 bits per heavy atom. The molecule has 0 radical (unpaired) electrons. The Morgan fingerprint density at radius 1 is 1.25 bits per heavy atom. The molecule has 1 saturated heterocycles. The van der Waals surface area contributed by atoms with E-state index >= 15 is 0 Å². The van der Waals surface area contributed by atoms with Crippen molar-refractivity contribution in [2.24, 2.45) is 0 Å². The first kappa shape index (κ1) is 16.7. The molecule has 2 unspecified atom stereocenters. The molecule has 2 atom stereocenters. The third kappa shape index (κ3) is 6.71. The molecule has 6 nitrogen and oxygen atoms in total. The summed E-state index contributed by atoms with van der Waals surface area (Å²) in [6, 6.07) is -1.15. The van der Waals surface area contributed by atoms with E-state index in [1.807, 2.05) is 19.2 Å². The fraction of sp³-hybridized carbons (Fsp3) is 0.818. The fourth-order valence-electron chi connectivity index (χ4n) is 2.01. The lowest BCUT2D eigenvalue weighted by Crippen LogP contribution is -2.51. The summed E-state index contributed by atoms with van der Waals surface area (Å²) in [7, 11) is 0. The summed E-state index contributed by atoms with van der Waals surface area (Å²) in [5.41, 5.74) is 0. The van der Waals surface area contributed by atoms with E-state index in [0.29, 0.717) is 13.1 Å². The molecule has 0 spiro atoms. The van der Waals surface area contributed by atoms with Crippen molar-refractivity contribution in [3.05, 3.63) is 0 Å². The minimum atomic E-state index is -4.50. The number of ether oxygens (including phenoxy) is 1. The minimum absolute atomic E-state index is 0.0365. The van der Waals surface area contributed by atoms with Gasteiger partial charge in [-0.2, -0.15) is 13.2 Å². The van der Waals surface area contributed by atoms with Gasteiger partial charge in [-0.1, -0.05) is 0 Å². The van der Waals surface area contributed by atoms with Crippen LogP contribution in [0.5, 0.6) is 0 Å². The molecule has 0 bridgehead atoms. The van der Waals surface area contributed by atoms with Crippen LogP contribution in [0.25, 0.3) is 0 Å². The van der Waals surface area contributed by atoms with Gasteiger partial charge in [0.05, 0.1) is 18.8 Å². The lowest BCUT2D eigenvalue weighted by Gasteiger charge is -2.34. The summed E-state index contributed by atoms with van der Waals surface area (Å²) in [6.45, 7) is 3.24. The predicted molar refractivity (Wildman–Crippen MR) is 64.0 cm³/mol. The van der Waals surface area contributed by atoms with Crippen LogP contribution >= 0.6 is 0 Å². The Kier molecular flexibility index (Phi) is 5.75. The molecule has 0 aromatic rings. The average Bonchev–Trinajstić information content (AvgIpc) is 2.23. The van der Waals surface area contributed by atoms with E-state index in [2.05, 4.69) is 0 Å². The molecule has 20 heavy (non-hydrogen) atoms. The number of rotatable bonds is 3. The Morgan fingerprint density at radius 3 is 2.30 bits per heavy atom. The Labute approximate surface area is 114 Å². The number of morpholine rings is 1. The average molecular weight is 297 g/mol. The van der Waals surface area contributed by atoms with Gasteiger partial charge in [0.1, 0.15) is 6.54 Å². The van der Waals surface area contributed by atoms with Crippen LogP contribution in [0.2, 0.25) is 0 Å². The molecule has 0 aliphatic carbocycles. The summed E-state index contributed by atoms with van der Waals surface area (Å²) in [5.74, 6) is -0.647. The first-order valence-corrected chi connectivity index (χ1v) is 6.18. The number of alkyl halides is 3. The van der Waals surface area contributed by atoms with Crippen molar-refractivity contribution in [1.29, 1.82) is 0 Å². The Bertz CT molecular complexity index is 353. The zero-order valence-electron chi connectivity index (χ0n) is 11.3. The van der Waals surface area contributed by atoms with Gasteiger partial charge in [-0.05, 0) is 13.8 Å². The molecule has 0 aromatic carbocycles. The summed E-state index contributed by atoms with van der Waals surface area (Å²) < 4.78 is 41.1. The number of nitrogens with one attached hydrogen (secondary N) is 2. The van der Waals surface area contributed by atoms with Crippen LogP contribution in [0.1, 0.15) is 13.8 Å². The fourth-order valence-corrected chi connectivity index (χ4v) is 2.01.